The molecular weight excluding hydrogens is 400 g/mol. The van der Waals surface area contributed by atoms with Gasteiger partial charge < -0.3 is 19.3 Å². The molecule has 0 unspecified atom stereocenters. The molecule has 0 heterocycles. The maximum absolute atomic E-state index is 11.0. The van der Waals surface area contributed by atoms with E-state index >= 15 is 0 Å². The lowest BCUT2D eigenvalue weighted by molar-refractivity contribution is -0.133. The molecule has 1 aliphatic rings. The van der Waals surface area contributed by atoms with Crippen molar-refractivity contribution in [3.8, 4) is 12.3 Å². The molecule has 4 nitrogen and oxygen atoms in total. The summed E-state index contributed by atoms with van der Waals surface area (Å²) in [6, 6.07) is 29.7. The van der Waals surface area contributed by atoms with Gasteiger partial charge in [-0.3, -0.25) is 0 Å². The van der Waals surface area contributed by atoms with Gasteiger partial charge in [0.2, 0.25) is 0 Å². The number of hydrogen-bond acceptors (Lipinski definition) is 4. The molecule has 5 atom stereocenters. The van der Waals surface area contributed by atoms with Gasteiger partial charge >= 0.3 is 0 Å². The smallest absolute Gasteiger partial charge is 0.114 e. The van der Waals surface area contributed by atoms with Gasteiger partial charge in [0, 0.05) is 0 Å². The van der Waals surface area contributed by atoms with Gasteiger partial charge in [-0.15, -0.1) is 6.42 Å². The Balaban J connectivity index is 1.52. The topological polar surface area (TPSA) is 47.9 Å². The normalized spacial score (nSPS) is 24.8. The molecule has 0 spiro atoms. The number of terminal acetylenes is 1. The molecule has 0 aromatic heterocycles. The number of rotatable bonds is 9. The van der Waals surface area contributed by atoms with E-state index in [2.05, 4.69) is 5.92 Å². The second kappa shape index (κ2) is 11.1. The van der Waals surface area contributed by atoms with Crippen LogP contribution in [0.2, 0.25) is 0 Å². The fourth-order valence-electron chi connectivity index (χ4n) is 4.06. The van der Waals surface area contributed by atoms with Crippen LogP contribution in [0.5, 0.6) is 0 Å². The van der Waals surface area contributed by atoms with Crippen LogP contribution in [0, 0.1) is 18.3 Å². The zero-order valence-corrected chi connectivity index (χ0v) is 17.9. The third-order valence-corrected chi connectivity index (χ3v) is 5.75. The van der Waals surface area contributed by atoms with Gasteiger partial charge in [0.1, 0.15) is 18.3 Å². The highest BCUT2D eigenvalue weighted by atomic mass is 16.6. The van der Waals surface area contributed by atoms with Crippen molar-refractivity contribution in [2.45, 2.75) is 44.2 Å². The number of hydrogen-bond donors (Lipinski definition) is 1. The van der Waals surface area contributed by atoms with Crippen molar-refractivity contribution in [3.05, 3.63) is 108 Å². The minimum Gasteiger partial charge on any atom is -0.389 e. The van der Waals surface area contributed by atoms with Gasteiger partial charge in [0.25, 0.3) is 0 Å². The summed E-state index contributed by atoms with van der Waals surface area (Å²) in [5.74, 6) is 2.19. The minimum atomic E-state index is -0.884. The van der Waals surface area contributed by atoms with E-state index in [0.717, 1.165) is 16.7 Å². The van der Waals surface area contributed by atoms with Crippen LogP contribution in [0.25, 0.3) is 0 Å². The maximum Gasteiger partial charge on any atom is 0.114 e. The number of aliphatic hydroxyl groups is 1. The third-order valence-electron chi connectivity index (χ3n) is 5.75. The van der Waals surface area contributed by atoms with E-state index in [1.54, 1.807) is 0 Å². The summed E-state index contributed by atoms with van der Waals surface area (Å²) in [4.78, 5) is 0. The van der Waals surface area contributed by atoms with Crippen molar-refractivity contribution in [2.75, 3.05) is 0 Å². The highest BCUT2D eigenvalue weighted by Gasteiger charge is 2.52. The molecule has 1 saturated carbocycles. The summed E-state index contributed by atoms with van der Waals surface area (Å²) >= 11 is 0. The first-order valence-corrected chi connectivity index (χ1v) is 10.9. The van der Waals surface area contributed by atoms with E-state index in [1.807, 2.05) is 91.0 Å². The fourth-order valence-corrected chi connectivity index (χ4v) is 4.06. The van der Waals surface area contributed by atoms with Gasteiger partial charge in [0.15, 0.2) is 0 Å². The largest absolute Gasteiger partial charge is 0.389 e. The van der Waals surface area contributed by atoms with Crippen LogP contribution in [-0.4, -0.2) is 29.5 Å². The highest BCUT2D eigenvalue weighted by molar-refractivity contribution is 5.18. The van der Waals surface area contributed by atoms with E-state index in [1.165, 1.54) is 0 Å². The molecular formula is C28H28O4. The summed E-state index contributed by atoms with van der Waals surface area (Å²) in [5, 5.41) is 11.0. The predicted molar refractivity (Wildman–Crippen MR) is 123 cm³/mol. The zero-order chi connectivity index (χ0) is 22.2. The fraction of sp³-hybridized carbons (Fsp3) is 0.286. The average Bonchev–Trinajstić information content (AvgIpc) is 3.11. The van der Waals surface area contributed by atoms with Crippen LogP contribution >= 0.6 is 0 Å². The van der Waals surface area contributed by atoms with Gasteiger partial charge in [0.05, 0.1) is 31.8 Å². The van der Waals surface area contributed by atoms with Gasteiger partial charge in [-0.05, 0) is 16.7 Å². The van der Waals surface area contributed by atoms with Crippen LogP contribution in [0.3, 0.4) is 0 Å². The molecule has 3 aromatic rings. The van der Waals surface area contributed by atoms with Crippen molar-refractivity contribution in [3.63, 3.8) is 0 Å². The Morgan fingerprint density at radius 2 is 0.969 bits per heavy atom. The van der Waals surface area contributed by atoms with E-state index in [-0.39, 0.29) is 0 Å². The van der Waals surface area contributed by atoms with Crippen molar-refractivity contribution >= 4 is 0 Å². The Morgan fingerprint density at radius 3 is 1.38 bits per heavy atom. The highest BCUT2D eigenvalue weighted by Crippen LogP contribution is 2.35. The molecule has 1 aliphatic carbocycles. The monoisotopic (exact) mass is 428 g/mol. The lowest BCUT2D eigenvalue weighted by Gasteiger charge is -2.26. The molecule has 3 aromatic carbocycles. The van der Waals surface area contributed by atoms with Crippen LogP contribution in [0.1, 0.15) is 16.7 Å². The zero-order valence-electron chi connectivity index (χ0n) is 17.9. The molecule has 4 heteroatoms. The Bertz CT molecular complexity index is 984. The maximum atomic E-state index is 11.0. The number of benzene rings is 3. The molecule has 1 N–H and O–H groups in total. The van der Waals surface area contributed by atoms with E-state index in [9.17, 15) is 5.11 Å². The Kier molecular flexibility index (Phi) is 7.71. The SMILES string of the molecule is C#C[C@@H]1[C@H](O)[C@@H](OCc2ccccc2)[C@@H](OCc2ccccc2)[C@@H]1OCc1ccccc1. The van der Waals surface area contributed by atoms with Crippen LogP contribution in [-0.2, 0) is 34.0 Å². The van der Waals surface area contributed by atoms with Gasteiger partial charge in [-0.25, -0.2) is 0 Å². The number of ether oxygens (including phenoxy) is 3. The Morgan fingerprint density at radius 1 is 0.594 bits per heavy atom. The van der Waals surface area contributed by atoms with Crippen molar-refractivity contribution < 1.29 is 19.3 Å². The standard InChI is InChI=1S/C28H28O4/c1-2-24-25(29)27(31-19-22-14-8-4-9-15-22)28(32-20-23-16-10-5-11-17-23)26(24)30-18-21-12-6-3-7-13-21/h1,3-17,24-29H,18-20H2/t24-,25+,26-,27-,28+/m1/s1. The third kappa shape index (κ3) is 5.45. The second-order valence-corrected chi connectivity index (χ2v) is 7.97. The van der Waals surface area contributed by atoms with E-state index in [4.69, 9.17) is 20.6 Å². The average molecular weight is 429 g/mol. The predicted octanol–water partition coefficient (Wildman–Crippen LogP) is 4.37. The summed E-state index contributed by atoms with van der Waals surface area (Å²) in [6.07, 6.45) is 3.35. The summed E-state index contributed by atoms with van der Waals surface area (Å²) < 4.78 is 18.7. The van der Waals surface area contributed by atoms with E-state index < -0.39 is 30.3 Å². The Labute approximate surface area is 189 Å². The Hall–Kier alpha value is -2.94. The van der Waals surface area contributed by atoms with E-state index in [0.29, 0.717) is 19.8 Å². The van der Waals surface area contributed by atoms with Crippen molar-refractivity contribution in [2.24, 2.45) is 5.92 Å². The summed E-state index contributed by atoms with van der Waals surface area (Å²) in [6.45, 7) is 1.12. The summed E-state index contributed by atoms with van der Waals surface area (Å²) in [7, 11) is 0. The molecule has 0 bridgehead atoms. The van der Waals surface area contributed by atoms with Gasteiger partial charge in [-0.1, -0.05) is 96.9 Å². The first-order valence-electron chi connectivity index (χ1n) is 10.9. The molecule has 4 rings (SSSR count). The molecule has 0 amide bonds. The first-order chi connectivity index (χ1) is 15.8. The molecule has 0 radical (unpaired) electrons. The molecule has 0 aliphatic heterocycles. The van der Waals surface area contributed by atoms with Crippen molar-refractivity contribution in [1.29, 1.82) is 0 Å². The number of aliphatic hydroxyl groups excluding tert-OH is 1. The van der Waals surface area contributed by atoms with Crippen LogP contribution < -0.4 is 0 Å². The molecule has 32 heavy (non-hydrogen) atoms. The van der Waals surface area contributed by atoms with Crippen LogP contribution in [0.4, 0.5) is 0 Å². The quantitative estimate of drug-likeness (QED) is 0.515. The minimum absolute atomic E-state index is 0.358. The second-order valence-electron chi connectivity index (χ2n) is 7.97. The van der Waals surface area contributed by atoms with Crippen molar-refractivity contribution in [1.82, 2.24) is 0 Å². The molecule has 0 saturated heterocycles. The molecule has 1 fully saturated rings. The lowest BCUT2D eigenvalue weighted by Crippen LogP contribution is -2.38. The summed E-state index contributed by atoms with van der Waals surface area (Å²) in [5.41, 5.74) is 3.09. The van der Waals surface area contributed by atoms with Crippen LogP contribution in [0.15, 0.2) is 91.0 Å². The van der Waals surface area contributed by atoms with Gasteiger partial charge in [-0.2, -0.15) is 0 Å². The lowest BCUT2D eigenvalue weighted by atomic mass is 10.0. The molecule has 164 valence electrons. The first kappa shape index (κ1) is 22.3.